The summed E-state index contributed by atoms with van der Waals surface area (Å²) < 4.78 is 5.44. The predicted molar refractivity (Wildman–Crippen MR) is 85.7 cm³/mol. The van der Waals surface area contributed by atoms with Gasteiger partial charge in [-0.15, -0.1) is 0 Å². The molecule has 0 aliphatic rings. The summed E-state index contributed by atoms with van der Waals surface area (Å²) in [4.78, 5) is 13.7. The first kappa shape index (κ1) is 17.7. The molecule has 0 atom stereocenters. The minimum atomic E-state index is -0.517. The molecule has 0 unspecified atom stereocenters. The van der Waals surface area contributed by atoms with E-state index in [1.807, 2.05) is 25.1 Å². The van der Waals surface area contributed by atoms with Crippen LogP contribution in [0.25, 0.3) is 0 Å². The first-order valence-electron chi connectivity index (χ1n) is 7.55. The van der Waals surface area contributed by atoms with E-state index in [-0.39, 0.29) is 24.5 Å². The molecule has 1 aromatic rings. The van der Waals surface area contributed by atoms with E-state index in [1.165, 1.54) is 0 Å². The number of amides is 1. The van der Waals surface area contributed by atoms with Gasteiger partial charge in [0.1, 0.15) is 13.3 Å². The van der Waals surface area contributed by atoms with E-state index in [1.54, 1.807) is 4.90 Å². The third-order valence-corrected chi connectivity index (χ3v) is 3.47. The van der Waals surface area contributed by atoms with Crippen molar-refractivity contribution in [3.05, 3.63) is 29.3 Å². The summed E-state index contributed by atoms with van der Waals surface area (Å²) in [6, 6.07) is 6.10. The van der Waals surface area contributed by atoms with Gasteiger partial charge in [0.25, 0.3) is 5.91 Å². The first-order chi connectivity index (χ1) is 9.93. The lowest BCUT2D eigenvalue weighted by molar-refractivity contribution is -0.122. The summed E-state index contributed by atoms with van der Waals surface area (Å²) in [6.07, 6.45) is 0. The quantitative estimate of drug-likeness (QED) is 0.785. The standard InChI is InChI=1S/C17H27NO3/c1-6-21-11-18(16(20)10-19)17-14(12(2)3)8-7-9-15(17)13(4)5/h7-9,12-13,19H,6,10-11H2,1-5H3. The maximum Gasteiger partial charge on any atom is 0.254 e. The molecule has 1 aromatic carbocycles. The lowest BCUT2D eigenvalue weighted by Gasteiger charge is -2.29. The van der Waals surface area contributed by atoms with Gasteiger partial charge < -0.3 is 9.84 Å². The number of hydrogen-bond donors (Lipinski definition) is 1. The van der Waals surface area contributed by atoms with Gasteiger partial charge in [-0.3, -0.25) is 9.69 Å². The molecule has 0 aliphatic carbocycles. The number of hydrogen-bond acceptors (Lipinski definition) is 3. The number of benzene rings is 1. The molecular weight excluding hydrogens is 266 g/mol. The molecule has 0 spiro atoms. The van der Waals surface area contributed by atoms with Crippen molar-refractivity contribution in [2.75, 3.05) is 24.8 Å². The molecule has 0 saturated heterocycles. The van der Waals surface area contributed by atoms with Gasteiger partial charge >= 0.3 is 0 Å². The summed E-state index contributed by atoms with van der Waals surface area (Å²) >= 11 is 0. The van der Waals surface area contributed by atoms with E-state index in [4.69, 9.17) is 4.74 Å². The van der Waals surface area contributed by atoms with Crippen molar-refractivity contribution in [3.8, 4) is 0 Å². The van der Waals surface area contributed by atoms with Crippen LogP contribution in [-0.4, -0.2) is 31.0 Å². The summed E-state index contributed by atoms with van der Waals surface area (Å²) in [7, 11) is 0. The zero-order valence-corrected chi connectivity index (χ0v) is 13.7. The zero-order valence-electron chi connectivity index (χ0n) is 13.7. The molecular formula is C17H27NO3. The average Bonchev–Trinajstić information content (AvgIpc) is 2.46. The molecule has 1 amide bonds. The maximum atomic E-state index is 12.2. The SMILES string of the molecule is CCOCN(C(=O)CO)c1c(C(C)C)cccc1C(C)C. The Hall–Kier alpha value is -1.39. The fraction of sp³-hybridized carbons (Fsp3) is 0.588. The van der Waals surface area contributed by atoms with Gasteiger partial charge in [0.2, 0.25) is 0 Å². The van der Waals surface area contributed by atoms with Crippen LogP contribution in [0.1, 0.15) is 57.6 Å². The smallest absolute Gasteiger partial charge is 0.254 e. The number of carbonyl (C=O) groups excluding carboxylic acids is 1. The van der Waals surface area contributed by atoms with E-state index >= 15 is 0 Å². The second kappa shape index (κ2) is 8.15. The summed E-state index contributed by atoms with van der Waals surface area (Å²) in [5.74, 6) is 0.238. The minimum Gasteiger partial charge on any atom is -0.387 e. The van der Waals surface area contributed by atoms with Crippen LogP contribution >= 0.6 is 0 Å². The van der Waals surface area contributed by atoms with Crippen molar-refractivity contribution in [2.45, 2.75) is 46.5 Å². The van der Waals surface area contributed by atoms with Gasteiger partial charge in [-0.05, 0) is 29.9 Å². The highest BCUT2D eigenvalue weighted by Gasteiger charge is 2.23. The van der Waals surface area contributed by atoms with E-state index in [0.29, 0.717) is 6.61 Å². The molecule has 0 fully saturated rings. The number of aliphatic hydroxyl groups is 1. The number of para-hydroxylation sites is 1. The van der Waals surface area contributed by atoms with E-state index in [2.05, 4.69) is 27.7 Å². The number of aliphatic hydroxyl groups excluding tert-OH is 1. The number of nitrogens with zero attached hydrogens (tertiary/aromatic N) is 1. The predicted octanol–water partition coefficient (Wildman–Crippen LogP) is 3.25. The van der Waals surface area contributed by atoms with E-state index < -0.39 is 6.61 Å². The van der Waals surface area contributed by atoms with Gasteiger partial charge in [-0.1, -0.05) is 45.9 Å². The van der Waals surface area contributed by atoms with Crippen LogP contribution in [-0.2, 0) is 9.53 Å². The third-order valence-electron chi connectivity index (χ3n) is 3.47. The molecule has 1 rings (SSSR count). The zero-order chi connectivity index (χ0) is 16.0. The third kappa shape index (κ3) is 4.29. The number of anilines is 1. The Morgan fingerprint density at radius 3 is 2.10 bits per heavy atom. The van der Waals surface area contributed by atoms with Crippen LogP contribution in [0.2, 0.25) is 0 Å². The fourth-order valence-electron chi connectivity index (χ4n) is 2.35. The van der Waals surface area contributed by atoms with Gasteiger partial charge in [-0.2, -0.15) is 0 Å². The Balaban J connectivity index is 3.41. The van der Waals surface area contributed by atoms with Gasteiger partial charge in [0.05, 0.1) is 5.69 Å². The first-order valence-corrected chi connectivity index (χ1v) is 7.55. The van der Waals surface area contributed by atoms with Crippen molar-refractivity contribution < 1.29 is 14.6 Å². The minimum absolute atomic E-state index is 0.166. The van der Waals surface area contributed by atoms with Crippen LogP contribution in [0, 0.1) is 0 Å². The fourth-order valence-corrected chi connectivity index (χ4v) is 2.35. The van der Waals surface area contributed by atoms with Gasteiger partial charge in [-0.25, -0.2) is 0 Å². The lowest BCUT2D eigenvalue weighted by atomic mass is 9.92. The van der Waals surface area contributed by atoms with Crippen molar-refractivity contribution in [1.82, 2.24) is 0 Å². The molecule has 0 saturated carbocycles. The van der Waals surface area contributed by atoms with Crippen LogP contribution < -0.4 is 4.90 Å². The largest absolute Gasteiger partial charge is 0.387 e. The Kier molecular flexibility index (Phi) is 6.85. The molecule has 0 radical (unpaired) electrons. The Labute approximate surface area is 127 Å². The van der Waals surface area contributed by atoms with Crippen molar-refractivity contribution in [1.29, 1.82) is 0 Å². The van der Waals surface area contributed by atoms with Gasteiger partial charge in [0.15, 0.2) is 0 Å². The highest BCUT2D eigenvalue weighted by molar-refractivity contribution is 5.95. The number of carbonyl (C=O) groups is 1. The molecule has 0 aromatic heterocycles. The monoisotopic (exact) mass is 293 g/mol. The molecule has 21 heavy (non-hydrogen) atoms. The number of ether oxygens (including phenoxy) is 1. The second-order valence-corrected chi connectivity index (χ2v) is 5.70. The molecule has 118 valence electrons. The Morgan fingerprint density at radius 1 is 1.19 bits per heavy atom. The van der Waals surface area contributed by atoms with Crippen LogP contribution in [0.4, 0.5) is 5.69 Å². The summed E-state index contributed by atoms with van der Waals surface area (Å²) in [5.41, 5.74) is 3.08. The van der Waals surface area contributed by atoms with Crippen molar-refractivity contribution in [3.63, 3.8) is 0 Å². The topological polar surface area (TPSA) is 49.8 Å². The maximum absolute atomic E-state index is 12.2. The second-order valence-electron chi connectivity index (χ2n) is 5.70. The lowest BCUT2D eigenvalue weighted by Crippen LogP contribution is -2.37. The normalized spacial score (nSPS) is 11.2. The molecule has 1 N–H and O–H groups in total. The molecule has 4 heteroatoms. The molecule has 0 aliphatic heterocycles. The molecule has 0 heterocycles. The van der Waals surface area contributed by atoms with Crippen LogP contribution in [0.5, 0.6) is 0 Å². The average molecular weight is 293 g/mol. The van der Waals surface area contributed by atoms with Crippen LogP contribution in [0.3, 0.4) is 0 Å². The van der Waals surface area contributed by atoms with Gasteiger partial charge in [0, 0.05) is 6.61 Å². The highest BCUT2D eigenvalue weighted by atomic mass is 16.5. The van der Waals surface area contributed by atoms with E-state index in [0.717, 1.165) is 16.8 Å². The van der Waals surface area contributed by atoms with E-state index in [9.17, 15) is 9.90 Å². The number of rotatable bonds is 7. The highest BCUT2D eigenvalue weighted by Crippen LogP contribution is 2.35. The van der Waals surface area contributed by atoms with Crippen molar-refractivity contribution >= 4 is 11.6 Å². The Bertz CT molecular complexity index is 443. The van der Waals surface area contributed by atoms with Crippen LogP contribution in [0.15, 0.2) is 18.2 Å². The summed E-state index contributed by atoms with van der Waals surface area (Å²) in [5, 5.41) is 9.28. The molecule has 0 bridgehead atoms. The van der Waals surface area contributed by atoms with Crippen molar-refractivity contribution in [2.24, 2.45) is 0 Å². The Morgan fingerprint density at radius 2 is 1.71 bits per heavy atom. The molecule has 4 nitrogen and oxygen atoms in total. The summed E-state index contributed by atoms with van der Waals surface area (Å²) in [6.45, 7) is 10.5.